The molecule has 0 saturated heterocycles. The molecule has 146 valence electrons. The molecule has 0 aromatic heterocycles. The molecule has 8 heteroatoms. The standard InChI is InChI=1S/C11H14O3.C8H8O4S/c1-5-9-10(13-3)6-8(12-2)7-11(9)14-4;1-12-8-3-2-6(4-7(8)9)5-13(10)11/h5-7H,1H2,2-4H3;2-5,9H,1H3. The van der Waals surface area contributed by atoms with Crippen LogP contribution in [0, 0.1) is 0 Å². The van der Waals surface area contributed by atoms with Crippen molar-refractivity contribution in [1.29, 1.82) is 0 Å². The molecule has 7 nitrogen and oxygen atoms in total. The predicted octanol–water partition coefficient (Wildman–Crippen LogP) is 2.79. The summed E-state index contributed by atoms with van der Waals surface area (Å²) in [6.45, 7) is 3.70. The Kier molecular flexibility index (Phi) is 8.74. The van der Waals surface area contributed by atoms with Crippen LogP contribution < -0.4 is 18.9 Å². The summed E-state index contributed by atoms with van der Waals surface area (Å²) in [4.78, 5) is 0. The van der Waals surface area contributed by atoms with Gasteiger partial charge < -0.3 is 24.1 Å². The van der Waals surface area contributed by atoms with Crippen molar-refractivity contribution in [3.8, 4) is 28.7 Å². The maximum Gasteiger partial charge on any atom is 0.214 e. The Morgan fingerprint density at radius 2 is 1.44 bits per heavy atom. The highest BCUT2D eigenvalue weighted by atomic mass is 32.2. The maximum atomic E-state index is 10.3. The van der Waals surface area contributed by atoms with E-state index in [1.54, 1.807) is 39.5 Å². The molecule has 0 aliphatic heterocycles. The summed E-state index contributed by atoms with van der Waals surface area (Å²) in [5.41, 5.74) is 1.24. The molecule has 0 aliphatic rings. The Hall–Kier alpha value is -3.13. The van der Waals surface area contributed by atoms with Gasteiger partial charge in [0, 0.05) is 12.1 Å². The molecular formula is C19H22O7S. The lowest BCUT2D eigenvalue weighted by atomic mass is 10.1. The summed E-state index contributed by atoms with van der Waals surface area (Å²) >= 11 is 0. The van der Waals surface area contributed by atoms with Gasteiger partial charge in [-0.05, 0) is 17.7 Å². The van der Waals surface area contributed by atoms with Crippen LogP contribution in [0.4, 0.5) is 0 Å². The fourth-order valence-electron chi connectivity index (χ4n) is 2.13. The summed E-state index contributed by atoms with van der Waals surface area (Å²) in [6.07, 6.45) is 1.69. The zero-order valence-corrected chi connectivity index (χ0v) is 16.4. The van der Waals surface area contributed by atoms with E-state index in [0.717, 1.165) is 10.9 Å². The number of phenols is 1. The quantitative estimate of drug-likeness (QED) is 0.753. The highest BCUT2D eigenvalue weighted by Crippen LogP contribution is 2.34. The molecule has 27 heavy (non-hydrogen) atoms. The Bertz CT molecular complexity index is 885. The van der Waals surface area contributed by atoms with Crippen molar-refractivity contribution in [3.63, 3.8) is 0 Å². The Morgan fingerprint density at radius 3 is 1.81 bits per heavy atom. The van der Waals surface area contributed by atoms with Crippen molar-refractivity contribution < 1.29 is 32.5 Å². The van der Waals surface area contributed by atoms with E-state index in [1.807, 2.05) is 0 Å². The molecule has 0 fully saturated rings. The minimum absolute atomic E-state index is 0.0818. The van der Waals surface area contributed by atoms with E-state index in [-0.39, 0.29) is 5.75 Å². The number of methoxy groups -OCH3 is 4. The van der Waals surface area contributed by atoms with Crippen LogP contribution in [0.3, 0.4) is 0 Å². The average Bonchev–Trinajstić information content (AvgIpc) is 2.66. The van der Waals surface area contributed by atoms with E-state index in [9.17, 15) is 13.5 Å². The molecular weight excluding hydrogens is 372 g/mol. The summed E-state index contributed by atoms with van der Waals surface area (Å²) in [7, 11) is 3.96. The van der Waals surface area contributed by atoms with Crippen LogP contribution in [0.25, 0.3) is 6.08 Å². The van der Waals surface area contributed by atoms with Gasteiger partial charge >= 0.3 is 0 Å². The molecule has 0 amide bonds. The Morgan fingerprint density at radius 1 is 0.889 bits per heavy atom. The summed E-state index contributed by atoms with van der Waals surface area (Å²) in [5, 5.41) is 10.3. The third kappa shape index (κ3) is 6.27. The van der Waals surface area contributed by atoms with E-state index < -0.39 is 10.3 Å². The lowest BCUT2D eigenvalue weighted by molar-refractivity contribution is 0.373. The fourth-order valence-corrected chi connectivity index (χ4v) is 2.49. The van der Waals surface area contributed by atoms with E-state index in [1.165, 1.54) is 25.3 Å². The largest absolute Gasteiger partial charge is 0.504 e. The van der Waals surface area contributed by atoms with Crippen LogP contribution in [0.15, 0.2) is 36.9 Å². The molecule has 0 radical (unpaired) electrons. The first-order valence-corrected chi connectivity index (χ1v) is 8.76. The first-order chi connectivity index (χ1) is 12.9. The van der Waals surface area contributed by atoms with Gasteiger partial charge in [0.2, 0.25) is 10.3 Å². The first kappa shape index (κ1) is 21.9. The van der Waals surface area contributed by atoms with Gasteiger partial charge in [0.05, 0.1) is 39.4 Å². The molecule has 0 heterocycles. The van der Waals surface area contributed by atoms with Crippen molar-refractivity contribution >= 4 is 21.7 Å². The zero-order chi connectivity index (χ0) is 20.4. The number of hydrogen-bond acceptors (Lipinski definition) is 7. The molecule has 0 aliphatic carbocycles. The van der Waals surface area contributed by atoms with Gasteiger partial charge in [-0.3, -0.25) is 0 Å². The molecule has 1 N–H and O–H groups in total. The molecule has 0 saturated carbocycles. The highest BCUT2D eigenvalue weighted by Gasteiger charge is 2.09. The van der Waals surface area contributed by atoms with Gasteiger partial charge in [-0.25, -0.2) is 0 Å². The molecule has 0 spiro atoms. The van der Waals surface area contributed by atoms with Gasteiger partial charge in [0.25, 0.3) is 0 Å². The molecule has 0 atom stereocenters. The van der Waals surface area contributed by atoms with Crippen LogP contribution in [-0.2, 0) is 10.3 Å². The van der Waals surface area contributed by atoms with Crippen molar-refractivity contribution in [3.05, 3.63) is 48.0 Å². The molecule has 0 bridgehead atoms. The van der Waals surface area contributed by atoms with Crippen molar-refractivity contribution in [1.82, 2.24) is 0 Å². The minimum atomic E-state index is -2.26. The van der Waals surface area contributed by atoms with Gasteiger partial charge in [0.15, 0.2) is 11.5 Å². The normalized spacial score (nSPS) is 9.33. The Labute approximate surface area is 159 Å². The van der Waals surface area contributed by atoms with Crippen LogP contribution >= 0.6 is 0 Å². The number of aromatic hydroxyl groups is 1. The van der Waals surface area contributed by atoms with E-state index in [2.05, 4.69) is 6.58 Å². The monoisotopic (exact) mass is 394 g/mol. The van der Waals surface area contributed by atoms with Gasteiger partial charge in [-0.1, -0.05) is 18.7 Å². The van der Waals surface area contributed by atoms with E-state index in [4.69, 9.17) is 18.9 Å². The van der Waals surface area contributed by atoms with Crippen LogP contribution in [0.2, 0.25) is 0 Å². The maximum absolute atomic E-state index is 10.3. The second-order valence-electron chi connectivity index (χ2n) is 4.96. The van der Waals surface area contributed by atoms with E-state index >= 15 is 0 Å². The first-order valence-electron chi connectivity index (χ1n) is 7.62. The minimum Gasteiger partial charge on any atom is -0.504 e. The zero-order valence-electron chi connectivity index (χ0n) is 15.6. The summed E-state index contributed by atoms with van der Waals surface area (Å²) in [5.74, 6) is 2.31. The van der Waals surface area contributed by atoms with E-state index in [0.29, 0.717) is 28.6 Å². The lowest BCUT2D eigenvalue weighted by Gasteiger charge is -2.11. The average molecular weight is 394 g/mol. The highest BCUT2D eigenvalue weighted by molar-refractivity contribution is 7.71. The van der Waals surface area contributed by atoms with Crippen LogP contribution in [-0.4, -0.2) is 47.3 Å². The summed E-state index contributed by atoms with van der Waals surface area (Å²) in [6, 6.07) is 7.93. The second-order valence-corrected chi connectivity index (χ2v) is 5.72. The predicted molar refractivity (Wildman–Crippen MR) is 105 cm³/mol. The number of phenolic OH excluding ortho intramolecular Hbond substituents is 1. The second kappa shape index (κ2) is 10.8. The van der Waals surface area contributed by atoms with Crippen molar-refractivity contribution in [2.75, 3.05) is 28.4 Å². The number of ether oxygens (including phenoxy) is 4. The number of hydrogen-bond donors (Lipinski definition) is 1. The van der Waals surface area contributed by atoms with Gasteiger partial charge in [-0.15, -0.1) is 0 Å². The molecule has 2 rings (SSSR count). The SMILES string of the molecule is C=Cc1c(OC)cc(OC)cc1OC.COc1ccc(C=S(=O)=O)cc1O. The third-order valence-electron chi connectivity index (χ3n) is 3.39. The topological polar surface area (TPSA) is 91.3 Å². The summed E-state index contributed by atoms with van der Waals surface area (Å²) < 4.78 is 40.8. The van der Waals surface area contributed by atoms with Crippen LogP contribution in [0.5, 0.6) is 28.7 Å². The third-order valence-corrected chi connectivity index (χ3v) is 3.86. The molecule has 2 aromatic rings. The van der Waals surface area contributed by atoms with Crippen molar-refractivity contribution in [2.45, 2.75) is 0 Å². The number of rotatable bonds is 6. The lowest BCUT2D eigenvalue weighted by Crippen LogP contribution is -1.94. The van der Waals surface area contributed by atoms with Crippen LogP contribution in [0.1, 0.15) is 11.1 Å². The van der Waals surface area contributed by atoms with Gasteiger partial charge in [-0.2, -0.15) is 8.42 Å². The fraction of sp³-hybridized carbons (Fsp3) is 0.211. The molecule has 0 unspecified atom stereocenters. The smallest absolute Gasteiger partial charge is 0.214 e. The van der Waals surface area contributed by atoms with Crippen molar-refractivity contribution in [2.24, 2.45) is 0 Å². The Balaban J connectivity index is 0.000000271. The molecule has 2 aromatic carbocycles. The number of benzene rings is 2. The van der Waals surface area contributed by atoms with Gasteiger partial charge in [0.1, 0.15) is 17.2 Å².